The minimum Gasteiger partial charge on any atom is -0.308 e. The quantitative estimate of drug-likeness (QED) is 0.277. The minimum absolute atomic E-state index is 0.177. The number of nitrogens with zero attached hydrogens (tertiary/aromatic N) is 1. The Balaban J connectivity index is 1.63. The van der Waals surface area contributed by atoms with Crippen molar-refractivity contribution in [3.63, 3.8) is 0 Å². The topological polar surface area (TPSA) is 4.41 Å². The molecule has 1 nitrogen and oxygen atoms in total. The van der Waals surface area contributed by atoms with E-state index < -0.39 is 0 Å². The molecule has 0 fully saturated rings. The summed E-state index contributed by atoms with van der Waals surface area (Å²) in [7, 11) is 0. The number of benzene rings is 4. The lowest BCUT2D eigenvalue weighted by atomic mass is 9.86. The molecule has 0 saturated carbocycles. The SMILES string of the molecule is CC(C)(C)c1ccc(-c2ccc3c(c2)c2cccc4c5ccccc5n3c42)cc1. The van der Waals surface area contributed by atoms with Crippen molar-refractivity contribution in [1.82, 2.24) is 4.40 Å². The van der Waals surface area contributed by atoms with E-state index >= 15 is 0 Å². The Morgan fingerprint density at radius 2 is 1.17 bits per heavy atom. The van der Waals surface area contributed by atoms with Gasteiger partial charge in [0.2, 0.25) is 0 Å². The summed E-state index contributed by atoms with van der Waals surface area (Å²) in [5, 5.41) is 5.33. The summed E-state index contributed by atoms with van der Waals surface area (Å²) < 4.78 is 2.43. The van der Waals surface area contributed by atoms with Gasteiger partial charge in [-0.1, -0.05) is 87.5 Å². The fourth-order valence-corrected chi connectivity index (χ4v) is 4.78. The van der Waals surface area contributed by atoms with E-state index in [9.17, 15) is 0 Å². The molecular weight excluding hydrogens is 350 g/mol. The number of aromatic nitrogens is 1. The van der Waals surface area contributed by atoms with E-state index in [2.05, 4.69) is 110 Å². The highest BCUT2D eigenvalue weighted by molar-refractivity contribution is 6.23. The smallest absolute Gasteiger partial charge is 0.0620 e. The lowest BCUT2D eigenvalue weighted by Gasteiger charge is -2.19. The molecule has 0 atom stereocenters. The molecule has 4 aromatic carbocycles. The molecule has 0 radical (unpaired) electrons. The van der Waals surface area contributed by atoms with Crippen molar-refractivity contribution in [1.29, 1.82) is 0 Å². The van der Waals surface area contributed by atoms with Gasteiger partial charge in [0.15, 0.2) is 0 Å². The molecule has 140 valence electrons. The van der Waals surface area contributed by atoms with Crippen LogP contribution < -0.4 is 0 Å². The Morgan fingerprint density at radius 3 is 1.93 bits per heavy atom. The van der Waals surface area contributed by atoms with Crippen LogP contribution in [0.1, 0.15) is 26.3 Å². The maximum absolute atomic E-state index is 2.43. The van der Waals surface area contributed by atoms with Crippen molar-refractivity contribution in [2.24, 2.45) is 0 Å². The predicted octanol–water partition coefficient (Wildman–Crippen LogP) is 7.80. The van der Waals surface area contributed by atoms with E-state index in [1.54, 1.807) is 0 Å². The van der Waals surface area contributed by atoms with Gasteiger partial charge in [-0.3, -0.25) is 0 Å². The summed E-state index contributed by atoms with van der Waals surface area (Å²) >= 11 is 0. The summed E-state index contributed by atoms with van der Waals surface area (Å²) in [5.41, 5.74) is 8.00. The van der Waals surface area contributed by atoms with Crippen LogP contribution in [0.5, 0.6) is 0 Å². The number of fused-ring (bicyclic) bond motifs is 6. The fourth-order valence-electron chi connectivity index (χ4n) is 4.78. The molecule has 2 heterocycles. The molecule has 0 N–H and O–H groups in total. The number of para-hydroxylation sites is 2. The average molecular weight is 373 g/mol. The zero-order chi connectivity index (χ0) is 19.8. The van der Waals surface area contributed by atoms with Crippen molar-refractivity contribution in [3.05, 3.63) is 90.5 Å². The molecule has 6 aromatic rings. The largest absolute Gasteiger partial charge is 0.308 e. The first-order valence-electron chi connectivity index (χ1n) is 10.3. The summed E-state index contributed by atoms with van der Waals surface area (Å²) in [4.78, 5) is 0. The molecule has 0 unspecified atom stereocenters. The summed E-state index contributed by atoms with van der Waals surface area (Å²) in [6.45, 7) is 6.78. The van der Waals surface area contributed by atoms with Gasteiger partial charge >= 0.3 is 0 Å². The van der Waals surface area contributed by atoms with Crippen LogP contribution in [-0.4, -0.2) is 4.40 Å². The first kappa shape index (κ1) is 16.6. The Bertz CT molecular complexity index is 1510. The van der Waals surface area contributed by atoms with Crippen LogP contribution in [-0.2, 0) is 5.41 Å². The molecule has 0 aliphatic heterocycles. The molecular formula is C28H23N. The van der Waals surface area contributed by atoms with E-state index in [1.807, 2.05) is 0 Å². The molecule has 0 bridgehead atoms. The highest BCUT2D eigenvalue weighted by atomic mass is 14.9. The average Bonchev–Trinajstić information content (AvgIpc) is 3.25. The molecule has 0 amide bonds. The number of hydrogen-bond acceptors (Lipinski definition) is 0. The number of rotatable bonds is 1. The first-order valence-corrected chi connectivity index (χ1v) is 10.3. The monoisotopic (exact) mass is 373 g/mol. The van der Waals surface area contributed by atoms with Crippen molar-refractivity contribution >= 4 is 38.1 Å². The van der Waals surface area contributed by atoms with E-state index in [0.29, 0.717) is 0 Å². The molecule has 0 spiro atoms. The lowest BCUT2D eigenvalue weighted by molar-refractivity contribution is 0.590. The Morgan fingerprint density at radius 1 is 0.552 bits per heavy atom. The maximum atomic E-state index is 2.43. The standard InChI is InChI=1S/C28H23N/c1-28(2,3)20-14-11-18(12-15-20)19-13-16-26-24(17-19)23-9-6-8-22-21-7-4-5-10-25(21)29(26)27(22)23/h4-17H,1-3H3. The fraction of sp³-hybridized carbons (Fsp3) is 0.143. The van der Waals surface area contributed by atoms with Crippen LogP contribution in [0.4, 0.5) is 0 Å². The van der Waals surface area contributed by atoms with Crippen molar-refractivity contribution in [2.75, 3.05) is 0 Å². The van der Waals surface area contributed by atoms with Gasteiger partial charge in [0.25, 0.3) is 0 Å². The van der Waals surface area contributed by atoms with Gasteiger partial charge in [0, 0.05) is 21.5 Å². The molecule has 1 heteroatoms. The maximum Gasteiger partial charge on any atom is 0.0620 e. The van der Waals surface area contributed by atoms with Crippen LogP contribution in [0, 0.1) is 0 Å². The highest BCUT2D eigenvalue weighted by Gasteiger charge is 2.17. The second kappa shape index (κ2) is 5.61. The third-order valence-corrected chi connectivity index (χ3v) is 6.31. The molecule has 6 rings (SSSR count). The van der Waals surface area contributed by atoms with Crippen molar-refractivity contribution in [2.45, 2.75) is 26.2 Å². The normalized spacial score (nSPS) is 12.7. The Hall–Kier alpha value is -3.32. The third-order valence-electron chi connectivity index (χ3n) is 6.31. The van der Waals surface area contributed by atoms with Gasteiger partial charge in [-0.05, 0) is 40.3 Å². The van der Waals surface area contributed by atoms with Gasteiger partial charge in [-0.15, -0.1) is 0 Å². The Labute approximate surface area is 170 Å². The van der Waals surface area contributed by atoms with Crippen LogP contribution in [0.3, 0.4) is 0 Å². The predicted molar refractivity (Wildman–Crippen MR) is 125 cm³/mol. The zero-order valence-corrected chi connectivity index (χ0v) is 17.0. The lowest BCUT2D eigenvalue weighted by Crippen LogP contribution is -2.10. The van der Waals surface area contributed by atoms with Crippen molar-refractivity contribution < 1.29 is 0 Å². The molecule has 0 aliphatic rings. The summed E-state index contributed by atoms with van der Waals surface area (Å²) in [6.07, 6.45) is 0. The first-order chi connectivity index (χ1) is 14.0. The second-order valence-electron chi connectivity index (χ2n) is 9.11. The summed E-state index contributed by atoms with van der Waals surface area (Å²) in [6, 6.07) is 31.4. The van der Waals surface area contributed by atoms with E-state index in [1.165, 1.54) is 54.8 Å². The van der Waals surface area contributed by atoms with Crippen LogP contribution in [0.2, 0.25) is 0 Å². The third kappa shape index (κ3) is 2.28. The van der Waals surface area contributed by atoms with Crippen LogP contribution in [0.25, 0.3) is 49.2 Å². The molecule has 29 heavy (non-hydrogen) atoms. The van der Waals surface area contributed by atoms with Gasteiger partial charge in [-0.25, -0.2) is 0 Å². The van der Waals surface area contributed by atoms with Crippen LogP contribution >= 0.6 is 0 Å². The Kier molecular flexibility index (Phi) is 3.21. The van der Waals surface area contributed by atoms with E-state index in [4.69, 9.17) is 0 Å². The second-order valence-corrected chi connectivity index (χ2v) is 9.11. The molecule has 0 aliphatic carbocycles. The number of hydrogen-bond donors (Lipinski definition) is 0. The minimum atomic E-state index is 0.177. The molecule has 2 aromatic heterocycles. The summed E-state index contributed by atoms with van der Waals surface area (Å²) in [5.74, 6) is 0. The highest BCUT2D eigenvalue weighted by Crippen LogP contribution is 2.40. The van der Waals surface area contributed by atoms with Gasteiger partial charge in [0.1, 0.15) is 0 Å². The van der Waals surface area contributed by atoms with Crippen LogP contribution in [0.15, 0.2) is 84.9 Å². The zero-order valence-electron chi connectivity index (χ0n) is 17.0. The van der Waals surface area contributed by atoms with Gasteiger partial charge in [0.05, 0.1) is 16.6 Å². The van der Waals surface area contributed by atoms with E-state index in [0.717, 1.165) is 0 Å². The molecule has 0 saturated heterocycles. The van der Waals surface area contributed by atoms with E-state index in [-0.39, 0.29) is 5.41 Å². The van der Waals surface area contributed by atoms with Gasteiger partial charge < -0.3 is 4.40 Å². The van der Waals surface area contributed by atoms with Crippen molar-refractivity contribution in [3.8, 4) is 11.1 Å². The van der Waals surface area contributed by atoms with Gasteiger partial charge in [-0.2, -0.15) is 0 Å².